The lowest BCUT2D eigenvalue weighted by molar-refractivity contribution is 0.103. The zero-order chi connectivity index (χ0) is 15.4. The zero-order valence-electron chi connectivity index (χ0n) is 12.7. The third-order valence-corrected chi connectivity index (χ3v) is 2.95. The number of benzene rings is 1. The van der Waals surface area contributed by atoms with Gasteiger partial charge in [-0.2, -0.15) is 0 Å². The van der Waals surface area contributed by atoms with E-state index in [0.717, 1.165) is 5.56 Å². The maximum atomic E-state index is 12.6. The smallest absolute Gasteiger partial charge is 0.198 e. The first-order valence-corrected chi connectivity index (χ1v) is 6.82. The average molecular weight is 285 g/mol. The molecule has 0 radical (unpaired) electrons. The van der Waals surface area contributed by atoms with E-state index in [1.807, 2.05) is 32.9 Å². The van der Waals surface area contributed by atoms with Crippen LogP contribution in [0.3, 0.4) is 0 Å². The van der Waals surface area contributed by atoms with Crippen molar-refractivity contribution in [2.45, 2.75) is 26.9 Å². The first-order chi connectivity index (χ1) is 10.0. The van der Waals surface area contributed by atoms with Gasteiger partial charge in [-0.15, -0.1) is 0 Å². The summed E-state index contributed by atoms with van der Waals surface area (Å²) < 4.78 is 10.8. The number of ether oxygens (including phenoxy) is 2. The largest absolute Gasteiger partial charge is 0.496 e. The van der Waals surface area contributed by atoms with E-state index in [2.05, 4.69) is 4.98 Å². The molecule has 4 heteroatoms. The molecule has 0 unspecified atom stereocenters. The summed E-state index contributed by atoms with van der Waals surface area (Å²) in [5, 5.41) is 0. The monoisotopic (exact) mass is 285 g/mol. The lowest BCUT2D eigenvalue weighted by atomic mass is 10.0. The zero-order valence-corrected chi connectivity index (χ0v) is 12.7. The van der Waals surface area contributed by atoms with Gasteiger partial charge in [0.2, 0.25) is 0 Å². The molecular formula is C17H19NO3. The minimum absolute atomic E-state index is 0.0330. The van der Waals surface area contributed by atoms with Crippen LogP contribution in [0.5, 0.6) is 11.5 Å². The molecule has 0 atom stereocenters. The molecule has 0 aliphatic carbocycles. The average Bonchev–Trinajstić information content (AvgIpc) is 2.46. The Kier molecular flexibility index (Phi) is 4.58. The fourth-order valence-corrected chi connectivity index (χ4v) is 2.03. The van der Waals surface area contributed by atoms with E-state index in [1.54, 1.807) is 25.4 Å². The van der Waals surface area contributed by atoms with Crippen molar-refractivity contribution >= 4 is 5.78 Å². The van der Waals surface area contributed by atoms with Crippen molar-refractivity contribution in [3.05, 3.63) is 53.3 Å². The van der Waals surface area contributed by atoms with Gasteiger partial charge >= 0.3 is 0 Å². The predicted molar refractivity (Wildman–Crippen MR) is 81.2 cm³/mol. The molecule has 2 aromatic rings. The van der Waals surface area contributed by atoms with Crippen LogP contribution in [0.1, 0.15) is 35.3 Å². The molecule has 1 aromatic heterocycles. The lowest BCUT2D eigenvalue weighted by Crippen LogP contribution is -2.08. The molecule has 21 heavy (non-hydrogen) atoms. The Morgan fingerprint density at radius 1 is 1.19 bits per heavy atom. The molecule has 0 aliphatic heterocycles. The number of hydrogen-bond acceptors (Lipinski definition) is 4. The van der Waals surface area contributed by atoms with Gasteiger partial charge in [0.25, 0.3) is 0 Å². The molecule has 0 spiro atoms. The van der Waals surface area contributed by atoms with E-state index in [4.69, 9.17) is 9.47 Å². The second kappa shape index (κ2) is 6.39. The van der Waals surface area contributed by atoms with Gasteiger partial charge in [-0.1, -0.05) is 11.6 Å². The number of nitrogens with zero attached hydrogens (tertiary/aromatic N) is 1. The SMILES string of the molecule is COc1ccc(C)cc1C(=O)c1cncc(OC(C)C)c1. The third-order valence-electron chi connectivity index (χ3n) is 2.95. The highest BCUT2D eigenvalue weighted by Crippen LogP contribution is 2.24. The highest BCUT2D eigenvalue weighted by atomic mass is 16.5. The number of aryl methyl sites for hydroxylation is 1. The molecule has 0 N–H and O–H groups in total. The van der Waals surface area contributed by atoms with Gasteiger partial charge < -0.3 is 9.47 Å². The van der Waals surface area contributed by atoms with Gasteiger partial charge in [0.05, 0.1) is 25.0 Å². The van der Waals surface area contributed by atoms with E-state index < -0.39 is 0 Å². The number of ketones is 1. The molecule has 0 aliphatic rings. The number of pyridine rings is 1. The second-order valence-electron chi connectivity index (χ2n) is 5.11. The Morgan fingerprint density at radius 2 is 1.95 bits per heavy atom. The van der Waals surface area contributed by atoms with Crippen molar-refractivity contribution in [1.82, 2.24) is 4.98 Å². The highest BCUT2D eigenvalue weighted by molar-refractivity contribution is 6.10. The maximum absolute atomic E-state index is 12.6. The van der Waals surface area contributed by atoms with Crippen molar-refractivity contribution in [1.29, 1.82) is 0 Å². The van der Waals surface area contributed by atoms with Crippen molar-refractivity contribution < 1.29 is 14.3 Å². The van der Waals surface area contributed by atoms with Gasteiger partial charge in [0, 0.05) is 11.8 Å². The number of rotatable bonds is 5. The molecule has 0 fully saturated rings. The number of carbonyl (C=O) groups excluding carboxylic acids is 1. The van der Waals surface area contributed by atoms with Gasteiger partial charge in [0.15, 0.2) is 5.78 Å². The Labute approximate surface area is 124 Å². The van der Waals surface area contributed by atoms with Crippen LogP contribution in [-0.2, 0) is 0 Å². The van der Waals surface area contributed by atoms with Crippen LogP contribution >= 0.6 is 0 Å². The van der Waals surface area contributed by atoms with Crippen LogP contribution in [0.4, 0.5) is 0 Å². The Hall–Kier alpha value is -2.36. The summed E-state index contributed by atoms with van der Waals surface area (Å²) in [7, 11) is 1.55. The van der Waals surface area contributed by atoms with Crippen LogP contribution in [0.2, 0.25) is 0 Å². The van der Waals surface area contributed by atoms with E-state index in [0.29, 0.717) is 22.6 Å². The Balaban J connectivity index is 2.38. The minimum Gasteiger partial charge on any atom is -0.496 e. The first-order valence-electron chi connectivity index (χ1n) is 6.82. The van der Waals surface area contributed by atoms with Gasteiger partial charge in [-0.05, 0) is 39.0 Å². The molecule has 0 saturated carbocycles. The fourth-order valence-electron chi connectivity index (χ4n) is 2.03. The Bertz CT molecular complexity index is 650. The first kappa shape index (κ1) is 15.0. The van der Waals surface area contributed by atoms with Crippen molar-refractivity contribution in [2.24, 2.45) is 0 Å². The quantitative estimate of drug-likeness (QED) is 0.790. The molecule has 1 heterocycles. The predicted octanol–water partition coefficient (Wildman–Crippen LogP) is 3.42. The molecule has 4 nitrogen and oxygen atoms in total. The summed E-state index contributed by atoms with van der Waals surface area (Å²) in [6.45, 7) is 5.79. The van der Waals surface area contributed by atoms with Crippen molar-refractivity contribution in [2.75, 3.05) is 7.11 Å². The molecule has 0 saturated heterocycles. The number of carbonyl (C=O) groups is 1. The van der Waals surface area contributed by atoms with Gasteiger partial charge in [-0.25, -0.2) is 0 Å². The Morgan fingerprint density at radius 3 is 2.62 bits per heavy atom. The summed E-state index contributed by atoms with van der Waals surface area (Å²) >= 11 is 0. The molecule has 0 amide bonds. The lowest BCUT2D eigenvalue weighted by Gasteiger charge is -2.11. The van der Waals surface area contributed by atoms with E-state index in [9.17, 15) is 4.79 Å². The summed E-state index contributed by atoms with van der Waals surface area (Å²) in [5.41, 5.74) is 2.01. The van der Waals surface area contributed by atoms with E-state index in [-0.39, 0.29) is 11.9 Å². The van der Waals surface area contributed by atoms with Gasteiger partial charge in [-0.3, -0.25) is 9.78 Å². The number of hydrogen-bond donors (Lipinski definition) is 0. The molecule has 2 rings (SSSR count). The molecule has 110 valence electrons. The van der Waals surface area contributed by atoms with Crippen LogP contribution in [0, 0.1) is 6.92 Å². The number of aromatic nitrogens is 1. The maximum Gasteiger partial charge on any atom is 0.198 e. The van der Waals surface area contributed by atoms with Crippen molar-refractivity contribution in [3.8, 4) is 11.5 Å². The minimum atomic E-state index is -0.128. The summed E-state index contributed by atoms with van der Waals surface area (Å²) in [4.78, 5) is 16.7. The van der Waals surface area contributed by atoms with Crippen LogP contribution in [0.25, 0.3) is 0 Å². The summed E-state index contributed by atoms with van der Waals surface area (Å²) in [6.07, 6.45) is 3.17. The van der Waals surface area contributed by atoms with Crippen molar-refractivity contribution in [3.63, 3.8) is 0 Å². The molecule has 0 bridgehead atoms. The number of methoxy groups -OCH3 is 1. The third kappa shape index (κ3) is 3.60. The molecular weight excluding hydrogens is 266 g/mol. The van der Waals surface area contributed by atoms with Crippen LogP contribution in [0.15, 0.2) is 36.7 Å². The summed E-state index contributed by atoms with van der Waals surface area (Å²) in [6, 6.07) is 7.23. The second-order valence-corrected chi connectivity index (χ2v) is 5.11. The van der Waals surface area contributed by atoms with Gasteiger partial charge in [0.1, 0.15) is 11.5 Å². The van der Waals surface area contributed by atoms with Crippen LogP contribution < -0.4 is 9.47 Å². The molecule has 1 aromatic carbocycles. The van der Waals surface area contributed by atoms with Crippen LogP contribution in [-0.4, -0.2) is 24.0 Å². The topological polar surface area (TPSA) is 48.4 Å². The standard InChI is InChI=1S/C17H19NO3/c1-11(2)21-14-8-13(9-18-10-14)17(19)15-7-12(3)5-6-16(15)20-4/h5-11H,1-4H3. The fraction of sp³-hybridized carbons (Fsp3) is 0.294. The normalized spacial score (nSPS) is 10.5. The highest BCUT2D eigenvalue weighted by Gasteiger charge is 2.16. The summed E-state index contributed by atoms with van der Waals surface area (Å²) in [5.74, 6) is 1.01. The van der Waals surface area contributed by atoms with E-state index in [1.165, 1.54) is 6.20 Å². The van der Waals surface area contributed by atoms with E-state index >= 15 is 0 Å².